The van der Waals surface area contributed by atoms with Crippen LogP contribution in [0, 0.1) is 17.0 Å². The molecule has 1 aliphatic carbocycles. The van der Waals surface area contributed by atoms with Crippen molar-refractivity contribution in [3.8, 4) is 0 Å². The van der Waals surface area contributed by atoms with Gasteiger partial charge in [-0.15, -0.1) is 0 Å². The minimum atomic E-state index is -1.57. The fourth-order valence-electron chi connectivity index (χ4n) is 3.76. The minimum Gasteiger partial charge on any atom is -0.386 e. The number of halogens is 2. The van der Waals surface area contributed by atoms with E-state index in [2.05, 4.69) is 0 Å². The summed E-state index contributed by atoms with van der Waals surface area (Å²) in [5.74, 6) is -2.45. The van der Waals surface area contributed by atoms with Crippen LogP contribution in [0.4, 0.5) is 8.78 Å². The van der Waals surface area contributed by atoms with E-state index in [9.17, 15) is 23.5 Å². The second-order valence-corrected chi connectivity index (χ2v) is 6.48. The molecule has 0 bridgehead atoms. The Balaban J connectivity index is 1.80. The molecule has 1 aliphatic heterocycles. The molecule has 1 heterocycles. The quantitative estimate of drug-likeness (QED) is 0.870. The monoisotopic (exact) mass is 323 g/mol. The van der Waals surface area contributed by atoms with Crippen molar-refractivity contribution < 1.29 is 23.5 Å². The van der Waals surface area contributed by atoms with Gasteiger partial charge < -0.3 is 5.11 Å². The lowest BCUT2D eigenvalue weighted by atomic mass is 9.73. The topological polar surface area (TPSA) is 57.6 Å². The number of hydrogen-bond acceptors (Lipinski definition) is 3. The molecule has 23 heavy (non-hydrogen) atoms. The third-order valence-corrected chi connectivity index (χ3v) is 4.99. The largest absolute Gasteiger partial charge is 0.386 e. The first-order chi connectivity index (χ1) is 10.9. The molecular weight excluding hydrogens is 304 g/mol. The zero-order valence-electron chi connectivity index (χ0n) is 12.7. The van der Waals surface area contributed by atoms with Gasteiger partial charge in [0.2, 0.25) is 11.8 Å². The van der Waals surface area contributed by atoms with Gasteiger partial charge >= 0.3 is 0 Å². The summed E-state index contributed by atoms with van der Waals surface area (Å²) in [5.41, 5.74) is -1.17. The Morgan fingerprint density at radius 1 is 1.13 bits per heavy atom. The van der Waals surface area contributed by atoms with Crippen LogP contribution in [0.15, 0.2) is 18.2 Å². The standard InChI is InChI=1S/C17H19F2NO3/c18-11-5-4-6-12(19)15(11)13(21)10-20-14(22)9-17(16(20)23)7-2-1-3-8-17/h4-6,13,21H,1-3,7-10H2. The normalized spacial score (nSPS) is 22.0. The van der Waals surface area contributed by atoms with Crippen molar-refractivity contribution >= 4 is 11.8 Å². The van der Waals surface area contributed by atoms with Crippen LogP contribution >= 0.6 is 0 Å². The second-order valence-electron chi connectivity index (χ2n) is 6.48. The number of aliphatic hydroxyl groups excluding tert-OH is 1. The van der Waals surface area contributed by atoms with Crippen LogP contribution < -0.4 is 0 Å². The molecule has 2 fully saturated rings. The summed E-state index contributed by atoms with van der Waals surface area (Å²) in [6, 6.07) is 3.28. The number of likely N-dealkylation sites (tertiary alicyclic amines) is 1. The number of rotatable bonds is 3. The highest BCUT2D eigenvalue weighted by molar-refractivity contribution is 6.06. The fraction of sp³-hybridized carbons (Fsp3) is 0.529. The van der Waals surface area contributed by atoms with Crippen LogP contribution in [0.5, 0.6) is 0 Å². The van der Waals surface area contributed by atoms with Crippen LogP contribution in [0.3, 0.4) is 0 Å². The van der Waals surface area contributed by atoms with Gasteiger partial charge in [-0.25, -0.2) is 8.78 Å². The highest BCUT2D eigenvalue weighted by atomic mass is 19.1. The first kappa shape index (κ1) is 16.1. The first-order valence-corrected chi connectivity index (χ1v) is 7.91. The van der Waals surface area contributed by atoms with E-state index in [0.717, 1.165) is 36.3 Å². The van der Waals surface area contributed by atoms with E-state index in [1.165, 1.54) is 6.07 Å². The van der Waals surface area contributed by atoms with Gasteiger partial charge in [-0.2, -0.15) is 0 Å². The van der Waals surface area contributed by atoms with Crippen LogP contribution in [-0.4, -0.2) is 28.4 Å². The van der Waals surface area contributed by atoms with Crippen LogP contribution in [0.1, 0.15) is 50.2 Å². The number of amides is 2. The van der Waals surface area contributed by atoms with Crippen LogP contribution in [0.2, 0.25) is 0 Å². The Morgan fingerprint density at radius 3 is 2.35 bits per heavy atom. The van der Waals surface area contributed by atoms with Crippen molar-refractivity contribution in [1.82, 2.24) is 4.90 Å². The first-order valence-electron chi connectivity index (χ1n) is 7.91. The molecule has 124 valence electrons. The summed E-state index contributed by atoms with van der Waals surface area (Å²) in [7, 11) is 0. The molecule has 1 atom stereocenters. The van der Waals surface area contributed by atoms with Crippen molar-refractivity contribution in [3.63, 3.8) is 0 Å². The molecule has 1 saturated heterocycles. The fourth-order valence-corrected chi connectivity index (χ4v) is 3.76. The summed E-state index contributed by atoms with van der Waals surface area (Å²) in [6.45, 7) is -0.405. The van der Waals surface area contributed by atoms with Crippen molar-refractivity contribution in [2.24, 2.45) is 5.41 Å². The van der Waals surface area contributed by atoms with E-state index in [-0.39, 0.29) is 18.2 Å². The zero-order chi connectivity index (χ0) is 16.6. The Hall–Kier alpha value is -1.82. The molecule has 1 saturated carbocycles. The number of β-amino-alcohol motifs (C(OH)–C–C–N with tert-alkyl or cyclic N) is 1. The molecule has 1 unspecified atom stereocenters. The lowest BCUT2D eigenvalue weighted by molar-refractivity contribution is -0.143. The molecule has 0 aromatic heterocycles. The third-order valence-electron chi connectivity index (χ3n) is 4.99. The summed E-state index contributed by atoms with van der Waals surface area (Å²) < 4.78 is 27.5. The minimum absolute atomic E-state index is 0.137. The van der Waals surface area contributed by atoms with Gasteiger partial charge in [0.15, 0.2) is 0 Å². The van der Waals surface area contributed by atoms with E-state index >= 15 is 0 Å². The summed E-state index contributed by atoms with van der Waals surface area (Å²) >= 11 is 0. The molecule has 1 aromatic rings. The molecule has 1 aromatic carbocycles. The Bertz CT molecular complexity index is 620. The summed E-state index contributed by atoms with van der Waals surface area (Å²) in [6.07, 6.45) is 2.75. The maximum absolute atomic E-state index is 13.7. The summed E-state index contributed by atoms with van der Waals surface area (Å²) in [4.78, 5) is 25.8. The Kier molecular flexibility index (Phi) is 4.19. The van der Waals surface area contributed by atoms with E-state index in [0.29, 0.717) is 12.8 Å². The smallest absolute Gasteiger partial charge is 0.236 e. The van der Waals surface area contributed by atoms with Crippen molar-refractivity contribution in [3.05, 3.63) is 35.4 Å². The number of imide groups is 1. The van der Waals surface area contributed by atoms with E-state index in [4.69, 9.17) is 0 Å². The van der Waals surface area contributed by atoms with Crippen molar-refractivity contribution in [2.75, 3.05) is 6.54 Å². The predicted molar refractivity (Wildman–Crippen MR) is 78.2 cm³/mol. The Labute approximate surface area is 133 Å². The van der Waals surface area contributed by atoms with Gasteiger partial charge in [-0.05, 0) is 25.0 Å². The van der Waals surface area contributed by atoms with Crippen LogP contribution in [-0.2, 0) is 9.59 Å². The van der Waals surface area contributed by atoms with Gasteiger partial charge in [0.05, 0.1) is 17.5 Å². The third kappa shape index (κ3) is 2.76. The molecule has 6 heteroatoms. The molecule has 1 spiro atoms. The van der Waals surface area contributed by atoms with E-state index in [1.807, 2.05) is 0 Å². The highest BCUT2D eigenvalue weighted by Gasteiger charge is 2.51. The second kappa shape index (κ2) is 6.00. The molecule has 1 N–H and O–H groups in total. The van der Waals surface area contributed by atoms with Gasteiger partial charge in [-0.1, -0.05) is 25.3 Å². The average Bonchev–Trinajstić information content (AvgIpc) is 2.72. The average molecular weight is 323 g/mol. The highest BCUT2D eigenvalue weighted by Crippen LogP contribution is 2.45. The lowest BCUT2D eigenvalue weighted by Gasteiger charge is -2.31. The number of carbonyl (C=O) groups excluding carboxylic acids is 2. The number of hydrogen-bond donors (Lipinski definition) is 1. The predicted octanol–water partition coefficient (Wildman–Crippen LogP) is 2.71. The number of benzene rings is 1. The zero-order valence-corrected chi connectivity index (χ0v) is 12.7. The molecular formula is C17H19F2NO3. The van der Waals surface area contributed by atoms with Crippen LogP contribution in [0.25, 0.3) is 0 Å². The van der Waals surface area contributed by atoms with E-state index < -0.39 is 35.3 Å². The molecule has 3 rings (SSSR count). The Morgan fingerprint density at radius 2 is 1.74 bits per heavy atom. The van der Waals surface area contributed by atoms with Crippen molar-refractivity contribution in [1.29, 1.82) is 0 Å². The van der Waals surface area contributed by atoms with Gasteiger partial charge in [-0.3, -0.25) is 14.5 Å². The number of aliphatic hydroxyl groups is 1. The van der Waals surface area contributed by atoms with E-state index in [1.54, 1.807) is 0 Å². The summed E-state index contributed by atoms with van der Waals surface area (Å²) in [5, 5.41) is 10.1. The van der Waals surface area contributed by atoms with Crippen molar-refractivity contribution in [2.45, 2.75) is 44.6 Å². The molecule has 2 amide bonds. The molecule has 4 nitrogen and oxygen atoms in total. The number of carbonyl (C=O) groups is 2. The maximum atomic E-state index is 13.7. The van der Waals surface area contributed by atoms with Gasteiger partial charge in [0.1, 0.15) is 17.7 Å². The molecule has 0 radical (unpaired) electrons. The SMILES string of the molecule is O=C1CC2(CCCCC2)C(=O)N1CC(O)c1c(F)cccc1F. The maximum Gasteiger partial charge on any atom is 0.236 e. The molecule has 2 aliphatic rings. The van der Waals surface area contributed by atoms with Gasteiger partial charge in [0, 0.05) is 6.42 Å². The lowest BCUT2D eigenvalue weighted by Crippen LogP contribution is -2.39. The van der Waals surface area contributed by atoms with Gasteiger partial charge in [0.25, 0.3) is 0 Å². The number of nitrogens with zero attached hydrogens (tertiary/aromatic N) is 1.